The number of hydrogen-bond donors (Lipinski definition) is 0. The molecular formula is C4H5F. The molecule has 0 spiro atoms. The summed E-state index contributed by atoms with van der Waals surface area (Å²) in [6, 6.07) is 0. The van der Waals surface area contributed by atoms with Gasteiger partial charge in [-0.3, -0.25) is 0 Å². The van der Waals surface area contributed by atoms with Crippen LogP contribution in [0.4, 0.5) is 4.39 Å². The first kappa shape index (κ1) is 4.41. The lowest BCUT2D eigenvalue weighted by Gasteiger charge is -1.52. The molecule has 0 nitrogen and oxygen atoms in total. The second-order valence-corrected chi connectivity index (χ2v) is 0.554. The normalized spacial score (nSPS) is 9.00. The van der Waals surface area contributed by atoms with Crippen LogP contribution in [0.3, 0.4) is 0 Å². The van der Waals surface area contributed by atoms with E-state index in [4.69, 9.17) is 0 Å². The Hall–Kier alpha value is -0.590. The first-order chi connectivity index (χ1) is 2.41. The van der Waals surface area contributed by atoms with Crippen molar-refractivity contribution in [2.24, 2.45) is 0 Å². The van der Waals surface area contributed by atoms with Crippen molar-refractivity contribution >= 4 is 0 Å². The Morgan fingerprint density at radius 3 is 2.20 bits per heavy atom. The maximum atomic E-state index is 10.7. The van der Waals surface area contributed by atoms with Gasteiger partial charge in [0, 0.05) is 0 Å². The minimum absolute atomic E-state index is 0.438. The fourth-order valence-corrected chi connectivity index (χ4v) is 0.0514. The van der Waals surface area contributed by atoms with E-state index in [0.717, 1.165) is 0 Å². The predicted octanol–water partition coefficient (Wildman–Crippen LogP) is 1.66. The average Bonchev–Trinajstić information content (AvgIpc) is 1.41. The molecule has 1 heteroatoms. The summed E-state index contributed by atoms with van der Waals surface area (Å²) >= 11 is 0. The van der Waals surface area contributed by atoms with Crippen molar-refractivity contribution in [2.75, 3.05) is 0 Å². The minimum atomic E-state index is 0.438. The molecule has 0 saturated heterocycles. The third-order valence-electron chi connectivity index (χ3n) is 0.209. The molecule has 0 aromatic heterocycles. The second-order valence-electron chi connectivity index (χ2n) is 0.554. The van der Waals surface area contributed by atoms with Crippen LogP contribution in [-0.4, -0.2) is 0 Å². The van der Waals surface area contributed by atoms with Gasteiger partial charge in [-0.2, -0.15) is 0 Å². The standard InChI is InChI=1S/C4H5F/c1-2-3-4-5/h2-4H,1H2/b4-3-. The molecule has 0 atom stereocenters. The molecule has 0 aliphatic heterocycles. The molecule has 28 valence electrons. The summed E-state index contributed by atoms with van der Waals surface area (Å²) in [6.07, 6.45) is 3.03. The van der Waals surface area contributed by atoms with E-state index in [1.54, 1.807) is 0 Å². The molecule has 0 rings (SSSR count). The smallest absolute Gasteiger partial charge is 0.0866 e. The lowest BCUT2D eigenvalue weighted by molar-refractivity contribution is 0.721. The van der Waals surface area contributed by atoms with E-state index in [9.17, 15) is 4.39 Å². The lowest BCUT2D eigenvalue weighted by atomic mass is 10.6. The van der Waals surface area contributed by atoms with Crippen LogP contribution < -0.4 is 0 Å². The van der Waals surface area contributed by atoms with Gasteiger partial charge in [-0.15, -0.1) is 0 Å². The Kier molecular flexibility index (Phi) is 3.01. The van der Waals surface area contributed by atoms with Gasteiger partial charge in [0.05, 0.1) is 6.33 Å². The maximum Gasteiger partial charge on any atom is 0.0866 e. The van der Waals surface area contributed by atoms with E-state index in [2.05, 4.69) is 6.58 Å². The molecule has 0 heterocycles. The topological polar surface area (TPSA) is 0 Å². The Labute approximate surface area is 30.6 Å². The molecule has 0 radical (unpaired) electrons. The van der Waals surface area contributed by atoms with Crippen LogP contribution >= 0.6 is 0 Å². The van der Waals surface area contributed by atoms with E-state index < -0.39 is 0 Å². The van der Waals surface area contributed by atoms with Crippen molar-refractivity contribution in [2.45, 2.75) is 0 Å². The van der Waals surface area contributed by atoms with E-state index in [1.807, 2.05) is 0 Å². The molecule has 0 aromatic rings. The van der Waals surface area contributed by atoms with Crippen molar-refractivity contribution < 1.29 is 4.39 Å². The average molecular weight is 72.1 g/mol. The van der Waals surface area contributed by atoms with Crippen LogP contribution in [0.5, 0.6) is 0 Å². The van der Waals surface area contributed by atoms with Gasteiger partial charge in [0.15, 0.2) is 0 Å². The molecule has 0 aliphatic rings. The quantitative estimate of drug-likeness (QED) is 0.413. The van der Waals surface area contributed by atoms with Gasteiger partial charge >= 0.3 is 0 Å². The summed E-state index contributed by atoms with van der Waals surface area (Å²) in [4.78, 5) is 0. The van der Waals surface area contributed by atoms with Crippen LogP contribution in [0.15, 0.2) is 25.1 Å². The number of rotatable bonds is 1. The Morgan fingerprint density at radius 2 is 2.20 bits per heavy atom. The van der Waals surface area contributed by atoms with Gasteiger partial charge in [0.25, 0.3) is 0 Å². The first-order valence-corrected chi connectivity index (χ1v) is 1.29. The Balaban J connectivity index is 2.92. The highest BCUT2D eigenvalue weighted by Gasteiger charge is 1.45. The fraction of sp³-hybridized carbons (Fsp3) is 0. The molecule has 0 amide bonds. The molecule has 0 saturated carbocycles. The number of halogens is 1. The maximum absolute atomic E-state index is 10.7. The van der Waals surface area contributed by atoms with E-state index >= 15 is 0 Å². The van der Waals surface area contributed by atoms with E-state index in [1.165, 1.54) is 12.2 Å². The summed E-state index contributed by atoms with van der Waals surface area (Å²) in [5, 5.41) is 0. The molecule has 0 bridgehead atoms. The minimum Gasteiger partial charge on any atom is -0.216 e. The van der Waals surface area contributed by atoms with Crippen molar-refractivity contribution in [3.8, 4) is 0 Å². The Morgan fingerprint density at radius 1 is 1.60 bits per heavy atom. The third kappa shape index (κ3) is 3.41. The van der Waals surface area contributed by atoms with Gasteiger partial charge in [0.1, 0.15) is 0 Å². The molecule has 0 aromatic carbocycles. The SMILES string of the molecule is C=C/C=C\F. The number of allylic oxidation sites excluding steroid dienone is 2. The van der Waals surface area contributed by atoms with Crippen molar-refractivity contribution in [3.63, 3.8) is 0 Å². The summed E-state index contributed by atoms with van der Waals surface area (Å²) in [7, 11) is 0. The Bertz CT molecular complexity index is 45.6. The molecule has 0 N–H and O–H groups in total. The first-order valence-electron chi connectivity index (χ1n) is 1.29. The van der Waals surface area contributed by atoms with Gasteiger partial charge in [-0.1, -0.05) is 12.7 Å². The van der Waals surface area contributed by atoms with Crippen molar-refractivity contribution in [1.29, 1.82) is 0 Å². The zero-order valence-electron chi connectivity index (χ0n) is 2.82. The summed E-state index contributed by atoms with van der Waals surface area (Å²) in [5.41, 5.74) is 0. The van der Waals surface area contributed by atoms with Crippen LogP contribution in [0.2, 0.25) is 0 Å². The fourth-order valence-electron chi connectivity index (χ4n) is 0.0514. The predicted molar refractivity (Wildman–Crippen MR) is 20.4 cm³/mol. The van der Waals surface area contributed by atoms with Gasteiger partial charge in [-0.25, -0.2) is 4.39 Å². The largest absolute Gasteiger partial charge is 0.216 e. The summed E-state index contributed by atoms with van der Waals surface area (Å²) in [5.74, 6) is 0. The number of hydrogen-bond acceptors (Lipinski definition) is 0. The van der Waals surface area contributed by atoms with Crippen molar-refractivity contribution in [1.82, 2.24) is 0 Å². The van der Waals surface area contributed by atoms with Crippen LogP contribution in [0.1, 0.15) is 0 Å². The monoisotopic (exact) mass is 72.0 g/mol. The molecule has 5 heavy (non-hydrogen) atoms. The lowest BCUT2D eigenvalue weighted by Crippen LogP contribution is -1.31. The molecule has 0 unspecified atom stereocenters. The highest BCUT2D eigenvalue weighted by molar-refractivity contribution is 4.91. The zero-order valence-corrected chi connectivity index (χ0v) is 2.82. The van der Waals surface area contributed by atoms with Gasteiger partial charge in [0.2, 0.25) is 0 Å². The highest BCUT2D eigenvalue weighted by atomic mass is 19.1. The van der Waals surface area contributed by atoms with E-state index in [-0.39, 0.29) is 0 Å². The molecule has 0 fully saturated rings. The van der Waals surface area contributed by atoms with Gasteiger partial charge in [-0.05, 0) is 6.08 Å². The summed E-state index contributed by atoms with van der Waals surface area (Å²) < 4.78 is 10.7. The third-order valence-corrected chi connectivity index (χ3v) is 0.209. The van der Waals surface area contributed by atoms with Crippen molar-refractivity contribution in [3.05, 3.63) is 25.1 Å². The summed E-state index contributed by atoms with van der Waals surface area (Å²) in [6.45, 7) is 3.22. The second kappa shape index (κ2) is 3.41. The zero-order chi connectivity index (χ0) is 4.12. The van der Waals surface area contributed by atoms with Crippen LogP contribution in [0.25, 0.3) is 0 Å². The molecule has 0 aliphatic carbocycles. The van der Waals surface area contributed by atoms with Crippen LogP contribution in [-0.2, 0) is 0 Å². The van der Waals surface area contributed by atoms with Crippen LogP contribution in [0, 0.1) is 0 Å². The highest BCUT2D eigenvalue weighted by Crippen LogP contribution is 1.68. The molecular weight excluding hydrogens is 67.0 g/mol. The van der Waals surface area contributed by atoms with E-state index in [0.29, 0.717) is 6.33 Å². The van der Waals surface area contributed by atoms with Gasteiger partial charge < -0.3 is 0 Å².